The molecule has 0 radical (unpaired) electrons. The maximum absolute atomic E-state index is 5.61. The van der Waals surface area contributed by atoms with E-state index in [0.29, 0.717) is 13.2 Å². The van der Waals surface area contributed by atoms with E-state index in [-0.39, 0.29) is 6.04 Å². The molecule has 1 atom stereocenters. The standard InChI is InChI=1S/C16H26N2O3/c1-13(17-6-8-19-9-7-18(2)3)14-4-5-15-16(12-14)21-11-10-20-15/h4-5,12-13,17H,6-11H2,1-3H3. The summed E-state index contributed by atoms with van der Waals surface area (Å²) >= 11 is 0. The smallest absolute Gasteiger partial charge is 0.161 e. The second-order valence-corrected chi connectivity index (χ2v) is 5.49. The average molecular weight is 294 g/mol. The predicted octanol–water partition coefficient (Wildman–Crippen LogP) is 1.69. The molecular weight excluding hydrogens is 268 g/mol. The van der Waals surface area contributed by atoms with Crippen molar-refractivity contribution >= 4 is 0 Å². The number of nitrogens with zero attached hydrogens (tertiary/aromatic N) is 1. The van der Waals surface area contributed by atoms with Gasteiger partial charge in [0, 0.05) is 19.1 Å². The number of rotatable bonds is 8. The van der Waals surface area contributed by atoms with E-state index < -0.39 is 0 Å². The van der Waals surface area contributed by atoms with E-state index in [2.05, 4.69) is 29.3 Å². The second-order valence-electron chi connectivity index (χ2n) is 5.49. The van der Waals surface area contributed by atoms with Crippen LogP contribution in [0.5, 0.6) is 11.5 Å². The van der Waals surface area contributed by atoms with Crippen LogP contribution in [0, 0.1) is 0 Å². The van der Waals surface area contributed by atoms with E-state index in [1.54, 1.807) is 0 Å². The normalized spacial score (nSPS) is 15.2. The van der Waals surface area contributed by atoms with Crippen LogP contribution in [-0.4, -0.2) is 58.5 Å². The van der Waals surface area contributed by atoms with Gasteiger partial charge >= 0.3 is 0 Å². The lowest BCUT2D eigenvalue weighted by Gasteiger charge is -2.21. The highest BCUT2D eigenvalue weighted by molar-refractivity contribution is 5.44. The predicted molar refractivity (Wildman–Crippen MR) is 83.2 cm³/mol. The summed E-state index contributed by atoms with van der Waals surface area (Å²) in [4.78, 5) is 2.12. The summed E-state index contributed by atoms with van der Waals surface area (Å²) in [6.45, 7) is 6.68. The molecule has 0 amide bonds. The third-order valence-corrected chi connectivity index (χ3v) is 3.45. The molecule has 5 nitrogen and oxygen atoms in total. The van der Waals surface area contributed by atoms with E-state index >= 15 is 0 Å². The summed E-state index contributed by atoms with van der Waals surface area (Å²) in [5.41, 5.74) is 1.20. The Morgan fingerprint density at radius 1 is 1.19 bits per heavy atom. The van der Waals surface area contributed by atoms with Gasteiger partial charge in [0.2, 0.25) is 0 Å². The molecule has 0 saturated heterocycles. The zero-order valence-corrected chi connectivity index (χ0v) is 13.2. The van der Waals surface area contributed by atoms with Gasteiger partial charge in [0.05, 0.1) is 13.2 Å². The summed E-state index contributed by atoms with van der Waals surface area (Å²) in [6, 6.07) is 6.38. The Morgan fingerprint density at radius 3 is 2.71 bits per heavy atom. The van der Waals surface area contributed by atoms with Crippen LogP contribution in [0.3, 0.4) is 0 Å². The van der Waals surface area contributed by atoms with Crippen molar-refractivity contribution in [2.75, 3.05) is 53.6 Å². The number of ether oxygens (including phenoxy) is 3. The van der Waals surface area contributed by atoms with Gasteiger partial charge in [0.1, 0.15) is 13.2 Å². The first kappa shape index (κ1) is 16.1. The molecule has 21 heavy (non-hydrogen) atoms. The van der Waals surface area contributed by atoms with E-state index in [9.17, 15) is 0 Å². The summed E-state index contributed by atoms with van der Waals surface area (Å²) in [6.07, 6.45) is 0. The van der Waals surface area contributed by atoms with E-state index in [4.69, 9.17) is 14.2 Å². The van der Waals surface area contributed by atoms with Crippen LogP contribution in [0.15, 0.2) is 18.2 Å². The fraction of sp³-hybridized carbons (Fsp3) is 0.625. The maximum Gasteiger partial charge on any atom is 0.161 e. The molecule has 0 bridgehead atoms. The van der Waals surface area contributed by atoms with Crippen LogP contribution in [-0.2, 0) is 4.74 Å². The summed E-state index contributed by atoms with van der Waals surface area (Å²) in [5, 5.41) is 3.46. The number of fused-ring (bicyclic) bond motifs is 1. The Labute approximate surface area is 127 Å². The van der Waals surface area contributed by atoms with Gasteiger partial charge in [-0.2, -0.15) is 0 Å². The molecule has 2 rings (SSSR count). The zero-order valence-electron chi connectivity index (χ0n) is 13.2. The number of nitrogens with one attached hydrogen (secondary N) is 1. The van der Waals surface area contributed by atoms with Crippen LogP contribution in [0.2, 0.25) is 0 Å². The van der Waals surface area contributed by atoms with E-state index in [0.717, 1.165) is 37.8 Å². The van der Waals surface area contributed by atoms with Gasteiger partial charge in [-0.25, -0.2) is 0 Å². The first-order valence-electron chi connectivity index (χ1n) is 7.52. The zero-order chi connectivity index (χ0) is 15.1. The Hall–Kier alpha value is -1.30. The largest absolute Gasteiger partial charge is 0.486 e. The van der Waals surface area contributed by atoms with Crippen molar-refractivity contribution in [1.29, 1.82) is 0 Å². The van der Waals surface area contributed by atoms with E-state index in [1.807, 2.05) is 20.2 Å². The molecule has 1 aliphatic rings. The highest BCUT2D eigenvalue weighted by Gasteiger charge is 2.14. The van der Waals surface area contributed by atoms with Crippen LogP contribution < -0.4 is 14.8 Å². The molecule has 5 heteroatoms. The minimum Gasteiger partial charge on any atom is -0.486 e. The number of hydrogen-bond donors (Lipinski definition) is 1. The molecule has 0 aliphatic carbocycles. The molecular formula is C16H26N2O3. The maximum atomic E-state index is 5.61. The fourth-order valence-electron chi connectivity index (χ4n) is 2.14. The minimum atomic E-state index is 0.262. The van der Waals surface area contributed by atoms with Gasteiger partial charge in [0.15, 0.2) is 11.5 Å². The molecule has 1 heterocycles. The van der Waals surface area contributed by atoms with Crippen molar-refractivity contribution in [3.05, 3.63) is 23.8 Å². The molecule has 1 unspecified atom stereocenters. The molecule has 0 saturated carbocycles. The molecule has 0 spiro atoms. The average Bonchev–Trinajstić information content (AvgIpc) is 2.49. The molecule has 1 aromatic rings. The number of likely N-dealkylation sites (N-methyl/N-ethyl adjacent to an activating group) is 1. The van der Waals surface area contributed by atoms with Gasteiger partial charge in [-0.1, -0.05) is 6.07 Å². The van der Waals surface area contributed by atoms with Gasteiger partial charge in [-0.3, -0.25) is 0 Å². The van der Waals surface area contributed by atoms with Crippen LogP contribution in [0.25, 0.3) is 0 Å². The molecule has 1 N–H and O–H groups in total. The molecule has 0 fully saturated rings. The Bertz CT molecular complexity index is 438. The monoisotopic (exact) mass is 294 g/mol. The number of hydrogen-bond acceptors (Lipinski definition) is 5. The lowest BCUT2D eigenvalue weighted by Crippen LogP contribution is -2.25. The van der Waals surface area contributed by atoms with Gasteiger partial charge in [-0.05, 0) is 38.7 Å². The third-order valence-electron chi connectivity index (χ3n) is 3.45. The first-order chi connectivity index (χ1) is 10.2. The highest BCUT2D eigenvalue weighted by atomic mass is 16.6. The second kappa shape index (κ2) is 8.22. The van der Waals surface area contributed by atoms with Crippen LogP contribution >= 0.6 is 0 Å². The van der Waals surface area contributed by atoms with Gasteiger partial charge < -0.3 is 24.4 Å². The van der Waals surface area contributed by atoms with Crippen molar-refractivity contribution in [2.24, 2.45) is 0 Å². The molecule has 118 valence electrons. The minimum absolute atomic E-state index is 0.262. The van der Waals surface area contributed by atoms with Crippen LogP contribution in [0.4, 0.5) is 0 Å². The highest BCUT2D eigenvalue weighted by Crippen LogP contribution is 2.32. The molecule has 0 aromatic heterocycles. The third kappa shape index (κ3) is 5.19. The van der Waals surface area contributed by atoms with E-state index in [1.165, 1.54) is 5.56 Å². The van der Waals surface area contributed by atoms with Crippen molar-refractivity contribution in [3.63, 3.8) is 0 Å². The molecule has 1 aliphatic heterocycles. The fourth-order valence-corrected chi connectivity index (χ4v) is 2.14. The number of benzene rings is 1. The lowest BCUT2D eigenvalue weighted by molar-refractivity contribution is 0.118. The summed E-state index contributed by atoms with van der Waals surface area (Å²) in [7, 11) is 4.09. The Kier molecular flexibility index (Phi) is 6.29. The van der Waals surface area contributed by atoms with Crippen molar-refractivity contribution in [1.82, 2.24) is 10.2 Å². The quantitative estimate of drug-likeness (QED) is 0.739. The van der Waals surface area contributed by atoms with Crippen molar-refractivity contribution in [3.8, 4) is 11.5 Å². The van der Waals surface area contributed by atoms with Gasteiger partial charge in [0.25, 0.3) is 0 Å². The SMILES string of the molecule is CC(NCCOCCN(C)C)c1ccc2c(c1)OCCO2. The topological polar surface area (TPSA) is 43.0 Å². The van der Waals surface area contributed by atoms with Crippen LogP contribution in [0.1, 0.15) is 18.5 Å². The lowest BCUT2D eigenvalue weighted by atomic mass is 10.1. The van der Waals surface area contributed by atoms with Gasteiger partial charge in [-0.15, -0.1) is 0 Å². The first-order valence-corrected chi connectivity index (χ1v) is 7.52. The summed E-state index contributed by atoms with van der Waals surface area (Å²) in [5.74, 6) is 1.68. The summed E-state index contributed by atoms with van der Waals surface area (Å²) < 4.78 is 16.7. The molecule has 1 aromatic carbocycles. The van der Waals surface area contributed by atoms with Crippen molar-refractivity contribution < 1.29 is 14.2 Å². The Morgan fingerprint density at radius 2 is 1.95 bits per heavy atom. The van der Waals surface area contributed by atoms with Crippen molar-refractivity contribution in [2.45, 2.75) is 13.0 Å². The Balaban J connectivity index is 1.72.